The molecule has 1 fully saturated rings. The van der Waals surface area contributed by atoms with E-state index >= 15 is 0 Å². The van der Waals surface area contributed by atoms with E-state index in [1.54, 1.807) is 11.9 Å². The first-order valence-electron chi connectivity index (χ1n) is 8.56. The molecule has 5 heteroatoms. The van der Waals surface area contributed by atoms with Crippen molar-refractivity contribution in [2.45, 2.75) is 25.3 Å². The van der Waals surface area contributed by atoms with Crippen LogP contribution in [0.1, 0.15) is 27.9 Å². The summed E-state index contributed by atoms with van der Waals surface area (Å²) in [6, 6.07) is 17.6. The van der Waals surface area contributed by atoms with E-state index in [1.165, 1.54) is 5.56 Å². The summed E-state index contributed by atoms with van der Waals surface area (Å²) in [6.45, 7) is 0. The minimum atomic E-state index is -3.01. The van der Waals surface area contributed by atoms with Gasteiger partial charge in [-0.25, -0.2) is 8.42 Å². The van der Waals surface area contributed by atoms with E-state index in [2.05, 4.69) is 12.1 Å². The van der Waals surface area contributed by atoms with Crippen LogP contribution in [-0.2, 0) is 22.7 Å². The molecule has 0 unspecified atom stereocenters. The van der Waals surface area contributed by atoms with Crippen LogP contribution in [0.15, 0.2) is 54.6 Å². The van der Waals surface area contributed by atoms with Crippen LogP contribution in [0, 0.1) is 0 Å². The Kier molecular flexibility index (Phi) is 5.23. The van der Waals surface area contributed by atoms with Crippen LogP contribution in [0.3, 0.4) is 0 Å². The van der Waals surface area contributed by atoms with Crippen molar-refractivity contribution in [3.8, 4) is 0 Å². The molecule has 1 aliphatic rings. The lowest BCUT2D eigenvalue weighted by Crippen LogP contribution is -2.38. The number of carbonyl (C=O) groups is 1. The Morgan fingerprint density at radius 1 is 1.04 bits per heavy atom. The Bertz CT molecular complexity index is 846. The van der Waals surface area contributed by atoms with Gasteiger partial charge in [0.15, 0.2) is 9.84 Å². The molecule has 4 nitrogen and oxygen atoms in total. The van der Waals surface area contributed by atoms with Crippen molar-refractivity contribution in [1.29, 1.82) is 0 Å². The fraction of sp³-hybridized carbons (Fsp3) is 0.350. The molecule has 1 aliphatic heterocycles. The predicted molar refractivity (Wildman–Crippen MR) is 99.4 cm³/mol. The van der Waals surface area contributed by atoms with Gasteiger partial charge in [0.2, 0.25) is 0 Å². The SMILES string of the molecule is CN(C(=O)c1ccccc1CCc1ccccc1)[C@H]1CCS(=O)(=O)C1. The lowest BCUT2D eigenvalue weighted by Gasteiger charge is -2.24. The third-order valence-corrected chi connectivity index (χ3v) is 6.60. The second-order valence-electron chi connectivity index (χ2n) is 6.62. The maximum atomic E-state index is 12.9. The Hall–Kier alpha value is -2.14. The van der Waals surface area contributed by atoms with Gasteiger partial charge in [-0.1, -0.05) is 48.5 Å². The highest BCUT2D eigenvalue weighted by atomic mass is 32.2. The molecule has 0 N–H and O–H groups in total. The number of sulfone groups is 1. The van der Waals surface area contributed by atoms with Crippen LogP contribution in [-0.4, -0.2) is 43.8 Å². The van der Waals surface area contributed by atoms with Crippen LogP contribution in [0.4, 0.5) is 0 Å². The monoisotopic (exact) mass is 357 g/mol. The summed E-state index contributed by atoms with van der Waals surface area (Å²) in [5.74, 6) is 0.151. The van der Waals surface area contributed by atoms with Gasteiger partial charge >= 0.3 is 0 Å². The van der Waals surface area contributed by atoms with Gasteiger partial charge in [-0.3, -0.25) is 4.79 Å². The third-order valence-electron chi connectivity index (χ3n) is 4.85. The Morgan fingerprint density at radius 2 is 1.72 bits per heavy atom. The van der Waals surface area contributed by atoms with Crippen molar-refractivity contribution in [1.82, 2.24) is 4.90 Å². The minimum Gasteiger partial charge on any atom is -0.338 e. The van der Waals surface area contributed by atoms with E-state index in [0.29, 0.717) is 12.0 Å². The smallest absolute Gasteiger partial charge is 0.254 e. The largest absolute Gasteiger partial charge is 0.338 e. The highest BCUT2D eigenvalue weighted by Crippen LogP contribution is 2.21. The van der Waals surface area contributed by atoms with Crippen molar-refractivity contribution in [2.75, 3.05) is 18.6 Å². The van der Waals surface area contributed by atoms with Gasteiger partial charge in [0, 0.05) is 18.7 Å². The predicted octanol–water partition coefficient (Wildman–Crippen LogP) is 2.73. The molecule has 132 valence electrons. The van der Waals surface area contributed by atoms with Crippen LogP contribution >= 0.6 is 0 Å². The van der Waals surface area contributed by atoms with Crippen molar-refractivity contribution >= 4 is 15.7 Å². The quantitative estimate of drug-likeness (QED) is 0.827. The van der Waals surface area contributed by atoms with E-state index in [9.17, 15) is 13.2 Å². The number of hydrogen-bond acceptors (Lipinski definition) is 3. The van der Waals surface area contributed by atoms with Crippen LogP contribution in [0.5, 0.6) is 0 Å². The van der Waals surface area contributed by atoms with Crippen LogP contribution < -0.4 is 0 Å². The lowest BCUT2D eigenvalue weighted by atomic mass is 9.98. The second kappa shape index (κ2) is 7.40. The van der Waals surface area contributed by atoms with Crippen LogP contribution in [0.2, 0.25) is 0 Å². The van der Waals surface area contributed by atoms with Crippen LogP contribution in [0.25, 0.3) is 0 Å². The molecular weight excluding hydrogens is 334 g/mol. The van der Waals surface area contributed by atoms with E-state index in [4.69, 9.17) is 0 Å². The molecule has 1 amide bonds. The number of hydrogen-bond donors (Lipinski definition) is 0. The topological polar surface area (TPSA) is 54.5 Å². The number of benzene rings is 2. The zero-order chi connectivity index (χ0) is 17.9. The average Bonchev–Trinajstić information content (AvgIpc) is 3.00. The van der Waals surface area contributed by atoms with E-state index < -0.39 is 9.84 Å². The second-order valence-corrected chi connectivity index (χ2v) is 8.84. The number of aryl methyl sites for hydroxylation is 2. The number of rotatable bonds is 5. The maximum Gasteiger partial charge on any atom is 0.254 e. The zero-order valence-electron chi connectivity index (χ0n) is 14.4. The molecule has 1 heterocycles. The molecule has 0 aromatic heterocycles. The minimum absolute atomic E-state index is 0.0709. The van der Waals surface area contributed by atoms with E-state index in [0.717, 1.165) is 18.4 Å². The third kappa shape index (κ3) is 4.28. The van der Waals surface area contributed by atoms with Gasteiger partial charge in [0.25, 0.3) is 5.91 Å². The lowest BCUT2D eigenvalue weighted by molar-refractivity contribution is 0.0746. The molecule has 0 bridgehead atoms. The highest BCUT2D eigenvalue weighted by Gasteiger charge is 2.33. The number of carbonyl (C=O) groups excluding carboxylic acids is 1. The van der Waals surface area contributed by atoms with Gasteiger partial charge in [-0.2, -0.15) is 0 Å². The summed E-state index contributed by atoms with van der Waals surface area (Å²) in [7, 11) is -1.30. The standard InChI is InChI=1S/C20H23NO3S/c1-21(18-13-14-25(23,24)15-18)20(22)19-10-6-5-9-17(19)12-11-16-7-3-2-4-8-16/h2-10,18H,11-15H2,1H3/t18-/m0/s1. The average molecular weight is 357 g/mol. The molecule has 2 aromatic carbocycles. The van der Waals surface area contributed by atoms with Gasteiger partial charge < -0.3 is 4.90 Å². The Balaban J connectivity index is 1.74. The van der Waals surface area contributed by atoms with Gasteiger partial charge in [0.1, 0.15) is 0 Å². The van der Waals surface area contributed by atoms with Crippen molar-refractivity contribution < 1.29 is 13.2 Å². The summed E-state index contributed by atoms with van der Waals surface area (Å²) >= 11 is 0. The maximum absolute atomic E-state index is 12.9. The van der Waals surface area contributed by atoms with Gasteiger partial charge in [-0.05, 0) is 36.5 Å². The fourth-order valence-corrected chi connectivity index (χ4v) is 5.08. The molecule has 1 saturated heterocycles. The molecular formula is C20H23NO3S. The number of nitrogens with zero attached hydrogens (tertiary/aromatic N) is 1. The molecule has 3 rings (SSSR count). The zero-order valence-corrected chi connectivity index (χ0v) is 15.2. The highest BCUT2D eigenvalue weighted by molar-refractivity contribution is 7.91. The van der Waals surface area contributed by atoms with Crippen molar-refractivity contribution in [3.05, 3.63) is 71.3 Å². The van der Waals surface area contributed by atoms with E-state index in [1.807, 2.05) is 42.5 Å². The summed E-state index contributed by atoms with van der Waals surface area (Å²) in [5.41, 5.74) is 2.91. The molecule has 0 aliphatic carbocycles. The Morgan fingerprint density at radius 3 is 2.40 bits per heavy atom. The Labute approximate surface area is 149 Å². The molecule has 0 radical (unpaired) electrons. The van der Waals surface area contributed by atoms with Crippen molar-refractivity contribution in [2.24, 2.45) is 0 Å². The first-order chi connectivity index (χ1) is 12.0. The normalized spacial score (nSPS) is 18.8. The number of amides is 1. The van der Waals surface area contributed by atoms with Gasteiger partial charge in [-0.15, -0.1) is 0 Å². The van der Waals surface area contributed by atoms with E-state index in [-0.39, 0.29) is 23.5 Å². The summed E-state index contributed by atoms with van der Waals surface area (Å²) in [6.07, 6.45) is 2.17. The first-order valence-corrected chi connectivity index (χ1v) is 10.4. The molecule has 25 heavy (non-hydrogen) atoms. The molecule has 2 aromatic rings. The summed E-state index contributed by atoms with van der Waals surface area (Å²) in [4.78, 5) is 14.5. The van der Waals surface area contributed by atoms with Gasteiger partial charge in [0.05, 0.1) is 11.5 Å². The molecule has 1 atom stereocenters. The molecule has 0 spiro atoms. The first kappa shape index (κ1) is 17.7. The van der Waals surface area contributed by atoms with Crippen molar-refractivity contribution in [3.63, 3.8) is 0 Å². The summed E-state index contributed by atoms with van der Waals surface area (Å²) < 4.78 is 23.4. The molecule has 0 saturated carbocycles. The fourth-order valence-electron chi connectivity index (χ4n) is 3.31. The summed E-state index contributed by atoms with van der Waals surface area (Å²) in [5, 5.41) is 0.